The minimum Gasteiger partial charge on any atom is -0.352 e. The molecule has 0 aliphatic carbocycles. The molecule has 0 aliphatic heterocycles. The molecule has 1 amide bonds. The molecule has 0 fully saturated rings. The first-order valence-corrected chi connectivity index (χ1v) is 6.41. The Balaban J connectivity index is 2.97. The highest BCUT2D eigenvalue weighted by atomic mass is 35.5. The minimum atomic E-state index is -0.271. The van der Waals surface area contributed by atoms with Crippen molar-refractivity contribution in [3.05, 3.63) is 26.5 Å². The van der Waals surface area contributed by atoms with Crippen LogP contribution in [0.4, 0.5) is 0 Å². The molecule has 0 spiro atoms. The van der Waals surface area contributed by atoms with Crippen LogP contribution in [-0.2, 0) is 0 Å². The summed E-state index contributed by atoms with van der Waals surface area (Å²) in [5.41, 5.74) is 0.836. The van der Waals surface area contributed by atoms with Crippen LogP contribution in [0.15, 0.2) is 0 Å². The van der Waals surface area contributed by atoms with Gasteiger partial charge in [-0.3, -0.25) is 4.79 Å². The van der Waals surface area contributed by atoms with E-state index in [9.17, 15) is 4.79 Å². The van der Waals surface area contributed by atoms with E-state index in [1.54, 1.807) is 6.92 Å². The summed E-state index contributed by atoms with van der Waals surface area (Å²) in [5.74, 6) is -0.271. The van der Waals surface area contributed by atoms with Crippen LogP contribution < -0.4 is 5.32 Å². The Kier molecular flexibility index (Phi) is 5.50. The first-order chi connectivity index (χ1) is 7.99. The smallest absolute Gasteiger partial charge is 0.254 e. The lowest BCUT2D eigenvalue weighted by atomic mass is 10.1. The van der Waals surface area contributed by atoms with Crippen molar-refractivity contribution in [2.45, 2.75) is 26.7 Å². The van der Waals surface area contributed by atoms with Crippen molar-refractivity contribution in [1.82, 2.24) is 10.3 Å². The average molecular weight is 296 g/mol. The second kappa shape index (κ2) is 6.43. The van der Waals surface area contributed by atoms with Gasteiger partial charge < -0.3 is 5.32 Å². The molecule has 0 unspecified atom stereocenters. The summed E-state index contributed by atoms with van der Waals surface area (Å²) >= 11 is 17.6. The summed E-state index contributed by atoms with van der Waals surface area (Å²) in [6, 6.07) is 0. The fourth-order valence-corrected chi connectivity index (χ4v) is 2.06. The fraction of sp³-hybridized carbons (Fsp3) is 0.455. The van der Waals surface area contributed by atoms with E-state index in [1.807, 2.05) is 6.92 Å². The second-order valence-electron chi connectivity index (χ2n) is 3.62. The van der Waals surface area contributed by atoms with E-state index in [4.69, 9.17) is 34.8 Å². The molecule has 1 rings (SSSR count). The summed E-state index contributed by atoms with van der Waals surface area (Å²) in [4.78, 5) is 15.7. The molecule has 94 valence electrons. The van der Waals surface area contributed by atoms with Crippen molar-refractivity contribution in [1.29, 1.82) is 0 Å². The summed E-state index contributed by atoms with van der Waals surface area (Å²) < 4.78 is 0. The molecule has 6 heteroatoms. The Hall–Kier alpha value is -0.510. The number of pyridine rings is 1. The molecular formula is C11H13Cl3N2O. The number of nitrogens with one attached hydrogen (secondary N) is 1. The van der Waals surface area contributed by atoms with E-state index in [0.717, 1.165) is 12.8 Å². The zero-order valence-electron chi connectivity index (χ0n) is 9.61. The highest BCUT2D eigenvalue weighted by Gasteiger charge is 2.19. The van der Waals surface area contributed by atoms with Crippen LogP contribution in [-0.4, -0.2) is 17.4 Å². The van der Waals surface area contributed by atoms with Crippen LogP contribution >= 0.6 is 34.8 Å². The number of nitrogens with zero attached hydrogens (tertiary/aromatic N) is 1. The van der Waals surface area contributed by atoms with Gasteiger partial charge in [0.2, 0.25) is 0 Å². The molecule has 0 aromatic carbocycles. The topological polar surface area (TPSA) is 42.0 Å². The number of aromatic nitrogens is 1. The third kappa shape index (κ3) is 3.47. The van der Waals surface area contributed by atoms with Gasteiger partial charge in [-0.1, -0.05) is 48.1 Å². The normalized spacial score (nSPS) is 10.4. The lowest BCUT2D eigenvalue weighted by molar-refractivity contribution is 0.0952. The third-order valence-electron chi connectivity index (χ3n) is 2.33. The molecule has 17 heavy (non-hydrogen) atoms. The Morgan fingerprint density at radius 2 is 1.94 bits per heavy atom. The second-order valence-corrected chi connectivity index (χ2v) is 4.71. The maximum atomic E-state index is 11.9. The van der Waals surface area contributed by atoms with Gasteiger partial charge in [-0.2, -0.15) is 0 Å². The van der Waals surface area contributed by atoms with Gasteiger partial charge in [-0.25, -0.2) is 4.98 Å². The third-order valence-corrected chi connectivity index (χ3v) is 3.44. The van der Waals surface area contributed by atoms with Crippen LogP contribution in [0.25, 0.3) is 0 Å². The van der Waals surface area contributed by atoms with Gasteiger partial charge in [0.1, 0.15) is 10.3 Å². The van der Waals surface area contributed by atoms with Gasteiger partial charge >= 0.3 is 0 Å². The molecule has 0 aliphatic rings. The molecule has 0 atom stereocenters. The van der Waals surface area contributed by atoms with Gasteiger partial charge in [-0.05, 0) is 18.9 Å². The van der Waals surface area contributed by atoms with Crippen molar-refractivity contribution in [2.24, 2.45) is 0 Å². The summed E-state index contributed by atoms with van der Waals surface area (Å²) in [6.07, 6.45) is 1.92. The first-order valence-electron chi connectivity index (χ1n) is 5.28. The first kappa shape index (κ1) is 14.6. The number of carbonyl (C=O) groups excluding carboxylic acids is 1. The van der Waals surface area contributed by atoms with Crippen LogP contribution in [0, 0.1) is 6.92 Å². The predicted molar refractivity (Wildman–Crippen MR) is 71.2 cm³/mol. The average Bonchev–Trinajstić information content (AvgIpc) is 2.26. The van der Waals surface area contributed by atoms with E-state index in [2.05, 4.69) is 10.3 Å². The molecule has 0 radical (unpaired) electrons. The van der Waals surface area contributed by atoms with E-state index in [1.165, 1.54) is 0 Å². The van der Waals surface area contributed by atoms with Gasteiger partial charge in [0.05, 0.1) is 10.6 Å². The van der Waals surface area contributed by atoms with E-state index in [0.29, 0.717) is 12.1 Å². The zero-order chi connectivity index (χ0) is 13.0. The van der Waals surface area contributed by atoms with Gasteiger partial charge in [0.15, 0.2) is 0 Å². The lowest BCUT2D eigenvalue weighted by Gasteiger charge is -2.10. The predicted octanol–water partition coefficient (Wildman–Crippen LogP) is 3.88. The summed E-state index contributed by atoms with van der Waals surface area (Å²) in [5, 5.41) is 3.21. The number of hydrogen-bond donors (Lipinski definition) is 1. The molecular weight excluding hydrogens is 282 g/mol. The molecule has 0 bridgehead atoms. The largest absolute Gasteiger partial charge is 0.352 e. The Labute approximate surface area is 115 Å². The molecule has 1 aromatic heterocycles. The monoisotopic (exact) mass is 294 g/mol. The Morgan fingerprint density at radius 3 is 2.53 bits per heavy atom. The van der Waals surface area contributed by atoms with E-state index in [-0.39, 0.29) is 26.8 Å². The molecule has 1 aromatic rings. The van der Waals surface area contributed by atoms with Gasteiger partial charge in [-0.15, -0.1) is 0 Å². The van der Waals surface area contributed by atoms with Crippen molar-refractivity contribution in [3.8, 4) is 0 Å². The highest BCUT2D eigenvalue weighted by Crippen LogP contribution is 2.30. The molecule has 3 nitrogen and oxygen atoms in total. The zero-order valence-corrected chi connectivity index (χ0v) is 11.9. The van der Waals surface area contributed by atoms with Crippen LogP contribution in [0.1, 0.15) is 35.7 Å². The summed E-state index contributed by atoms with van der Waals surface area (Å²) in [6.45, 7) is 4.34. The molecule has 0 saturated heterocycles. The van der Waals surface area contributed by atoms with Crippen molar-refractivity contribution >= 4 is 40.7 Å². The van der Waals surface area contributed by atoms with Crippen LogP contribution in [0.5, 0.6) is 0 Å². The highest BCUT2D eigenvalue weighted by molar-refractivity contribution is 6.43. The van der Waals surface area contributed by atoms with Crippen LogP contribution in [0.2, 0.25) is 15.3 Å². The van der Waals surface area contributed by atoms with Crippen molar-refractivity contribution in [2.75, 3.05) is 6.54 Å². The minimum absolute atomic E-state index is 0.0749. The van der Waals surface area contributed by atoms with E-state index < -0.39 is 0 Å². The quantitative estimate of drug-likeness (QED) is 0.676. The Morgan fingerprint density at radius 1 is 1.29 bits per heavy atom. The maximum Gasteiger partial charge on any atom is 0.254 e. The lowest BCUT2D eigenvalue weighted by Crippen LogP contribution is -2.25. The number of amides is 1. The number of unbranched alkanes of at least 4 members (excludes halogenated alkanes) is 1. The summed E-state index contributed by atoms with van der Waals surface area (Å²) in [7, 11) is 0. The Bertz CT molecular complexity index is 435. The van der Waals surface area contributed by atoms with Gasteiger partial charge in [0, 0.05) is 6.54 Å². The van der Waals surface area contributed by atoms with Crippen molar-refractivity contribution < 1.29 is 4.79 Å². The van der Waals surface area contributed by atoms with Crippen molar-refractivity contribution in [3.63, 3.8) is 0 Å². The number of hydrogen-bond acceptors (Lipinski definition) is 2. The molecule has 1 heterocycles. The van der Waals surface area contributed by atoms with E-state index >= 15 is 0 Å². The fourth-order valence-electron chi connectivity index (χ4n) is 1.34. The number of halogens is 3. The SMILES string of the molecule is CCCCNC(=O)c1c(Cl)nc(Cl)c(Cl)c1C. The standard InChI is InChI=1S/C11H13Cl3N2O/c1-3-4-5-15-11(17)7-6(2)8(12)10(14)16-9(7)13/h3-5H2,1-2H3,(H,15,17). The van der Waals surface area contributed by atoms with Crippen LogP contribution in [0.3, 0.4) is 0 Å². The molecule has 1 N–H and O–H groups in total. The maximum absolute atomic E-state index is 11.9. The van der Waals surface area contributed by atoms with Gasteiger partial charge in [0.25, 0.3) is 5.91 Å². The molecule has 0 saturated carbocycles. The number of rotatable bonds is 4. The number of carbonyl (C=O) groups is 1.